The smallest absolute Gasteiger partial charge is 0.272 e. The lowest BCUT2D eigenvalue weighted by Gasteiger charge is -2.39. The number of hydrogen-bond donors (Lipinski definition) is 1. The highest BCUT2D eigenvalue weighted by Gasteiger charge is 2.47. The number of halogens is 2. The lowest BCUT2D eigenvalue weighted by atomic mass is 9.81. The second kappa shape index (κ2) is 7.92. The number of aryl methyl sites for hydroxylation is 1. The van der Waals surface area contributed by atoms with Crippen LogP contribution in [-0.4, -0.2) is 45.0 Å². The molecule has 2 aromatic carbocycles. The molecule has 4 heterocycles. The maximum absolute atomic E-state index is 14.2. The van der Waals surface area contributed by atoms with Crippen LogP contribution in [0.15, 0.2) is 53.9 Å². The highest BCUT2D eigenvalue weighted by molar-refractivity contribution is 5.98. The molecule has 6 rings (SSSR count). The van der Waals surface area contributed by atoms with Gasteiger partial charge in [0.1, 0.15) is 11.6 Å². The minimum Gasteiger partial charge on any atom is -0.306 e. The predicted molar refractivity (Wildman–Crippen MR) is 124 cm³/mol. The Morgan fingerprint density at radius 2 is 1.88 bits per heavy atom. The van der Waals surface area contributed by atoms with Crippen LogP contribution in [0.25, 0.3) is 11.0 Å². The molecule has 1 saturated heterocycles. The normalized spacial score (nSPS) is 24.6. The highest BCUT2D eigenvalue weighted by atomic mass is 19.1. The molecule has 3 aliphatic heterocycles. The van der Waals surface area contributed by atoms with Crippen LogP contribution < -0.4 is 5.32 Å². The van der Waals surface area contributed by atoms with Crippen LogP contribution in [0, 0.1) is 18.6 Å². The Morgan fingerprint density at radius 3 is 2.68 bits per heavy atom. The van der Waals surface area contributed by atoms with E-state index < -0.39 is 17.7 Å². The fourth-order valence-electron chi connectivity index (χ4n) is 5.80. The standard InChI is InChI=1S/C26H25F2N5O/c1-14-13-29-23-10-15(6-7-21(23)30-14)26(34)33-25-20(12-19-4-3-5-22(25)31-19)24(32(33)2)16-8-17(27)11-18(28)9-16/h6-11,13,19,22,24,31H,3-5,12H2,1-2H3/t19-,22+,24?/m1/s1. The number of piperidine rings is 1. The monoisotopic (exact) mass is 461 g/mol. The number of aromatic nitrogens is 2. The Hall–Kier alpha value is -3.23. The number of hydrazine groups is 1. The second-order valence-corrected chi connectivity index (χ2v) is 9.47. The average molecular weight is 462 g/mol. The maximum atomic E-state index is 14.2. The topological polar surface area (TPSA) is 61.4 Å². The Balaban J connectivity index is 1.46. The molecule has 8 heteroatoms. The van der Waals surface area contributed by atoms with Crippen molar-refractivity contribution in [1.29, 1.82) is 0 Å². The predicted octanol–water partition coefficient (Wildman–Crippen LogP) is 4.43. The van der Waals surface area contributed by atoms with Crippen molar-refractivity contribution in [2.24, 2.45) is 0 Å². The molecule has 1 amide bonds. The molecule has 1 N–H and O–H groups in total. The molecule has 1 aromatic heterocycles. The fourth-order valence-corrected chi connectivity index (χ4v) is 5.80. The third-order valence-electron chi connectivity index (χ3n) is 7.16. The third kappa shape index (κ3) is 3.40. The molecule has 0 aliphatic carbocycles. The van der Waals surface area contributed by atoms with Crippen LogP contribution in [0.5, 0.6) is 0 Å². The van der Waals surface area contributed by atoms with Crippen molar-refractivity contribution < 1.29 is 13.6 Å². The first kappa shape index (κ1) is 21.3. The van der Waals surface area contributed by atoms with Gasteiger partial charge in [-0.05, 0) is 74.1 Å². The third-order valence-corrected chi connectivity index (χ3v) is 7.16. The number of carbonyl (C=O) groups excluding carboxylic acids is 1. The van der Waals surface area contributed by atoms with E-state index in [2.05, 4.69) is 15.3 Å². The summed E-state index contributed by atoms with van der Waals surface area (Å²) < 4.78 is 28.4. The summed E-state index contributed by atoms with van der Waals surface area (Å²) in [5, 5.41) is 7.19. The molecule has 1 unspecified atom stereocenters. The Labute approximate surface area is 196 Å². The minimum atomic E-state index is -0.618. The van der Waals surface area contributed by atoms with Gasteiger partial charge in [-0.1, -0.05) is 0 Å². The lowest BCUT2D eigenvalue weighted by molar-refractivity contribution is 0.0209. The number of nitrogens with zero attached hydrogens (tertiary/aromatic N) is 4. The van der Waals surface area contributed by atoms with E-state index in [9.17, 15) is 13.6 Å². The molecule has 0 spiro atoms. The summed E-state index contributed by atoms with van der Waals surface area (Å²) in [7, 11) is 1.82. The van der Waals surface area contributed by atoms with E-state index in [1.807, 2.05) is 25.0 Å². The van der Waals surface area contributed by atoms with Gasteiger partial charge in [0, 0.05) is 37.0 Å². The summed E-state index contributed by atoms with van der Waals surface area (Å²) in [5.41, 5.74) is 5.17. The van der Waals surface area contributed by atoms with Gasteiger partial charge in [0.05, 0.1) is 28.5 Å². The number of carbonyl (C=O) groups is 1. The summed E-state index contributed by atoms with van der Waals surface area (Å²) in [5.74, 6) is -1.43. The molecule has 1 fully saturated rings. The van der Waals surface area contributed by atoms with Gasteiger partial charge in [-0.3, -0.25) is 9.78 Å². The number of fused-ring (bicyclic) bond motifs is 4. The van der Waals surface area contributed by atoms with Crippen molar-refractivity contribution in [3.63, 3.8) is 0 Å². The van der Waals surface area contributed by atoms with E-state index in [1.165, 1.54) is 12.1 Å². The molecule has 0 radical (unpaired) electrons. The molecule has 3 aliphatic rings. The van der Waals surface area contributed by atoms with Gasteiger partial charge in [-0.2, -0.15) is 0 Å². The number of likely N-dealkylation sites (N-methyl/N-ethyl adjacent to an activating group) is 1. The lowest BCUT2D eigenvalue weighted by Crippen LogP contribution is -2.51. The first-order valence-corrected chi connectivity index (χ1v) is 11.6. The van der Waals surface area contributed by atoms with Crippen molar-refractivity contribution in [3.05, 3.63) is 82.3 Å². The molecule has 0 saturated carbocycles. The molecular formula is C26H25F2N5O. The molecule has 6 nitrogen and oxygen atoms in total. The van der Waals surface area contributed by atoms with E-state index in [0.717, 1.165) is 54.2 Å². The largest absolute Gasteiger partial charge is 0.306 e. The molecule has 34 heavy (non-hydrogen) atoms. The van der Waals surface area contributed by atoms with E-state index in [0.29, 0.717) is 22.7 Å². The molecule has 3 aromatic rings. The van der Waals surface area contributed by atoms with Gasteiger partial charge in [0.2, 0.25) is 0 Å². The SMILES string of the molecule is Cc1cnc2cc(C(=O)N3C4=C(C[C@H]5CCC[C@@H]4N5)C(c4cc(F)cc(F)c4)N3C)ccc2n1. The van der Waals surface area contributed by atoms with E-state index in [1.54, 1.807) is 23.3 Å². The summed E-state index contributed by atoms with van der Waals surface area (Å²) in [6, 6.07) is 8.88. The zero-order valence-corrected chi connectivity index (χ0v) is 19.1. The Bertz CT molecular complexity index is 1340. The minimum absolute atomic E-state index is 0.0280. The van der Waals surface area contributed by atoms with E-state index in [-0.39, 0.29) is 11.9 Å². The number of nitrogens with one attached hydrogen (secondary N) is 1. The maximum Gasteiger partial charge on any atom is 0.272 e. The van der Waals surface area contributed by atoms with Crippen LogP contribution >= 0.6 is 0 Å². The number of rotatable bonds is 2. The summed E-state index contributed by atoms with van der Waals surface area (Å²) >= 11 is 0. The van der Waals surface area contributed by atoms with Gasteiger partial charge in [0.15, 0.2) is 0 Å². The first-order chi connectivity index (χ1) is 16.4. The first-order valence-electron chi connectivity index (χ1n) is 11.6. The zero-order valence-electron chi connectivity index (χ0n) is 19.1. The van der Waals surface area contributed by atoms with Crippen LogP contribution in [0.4, 0.5) is 8.78 Å². The van der Waals surface area contributed by atoms with Crippen molar-refractivity contribution in [1.82, 2.24) is 25.3 Å². The fraction of sp³-hybridized carbons (Fsp3) is 0.346. The molecule has 2 bridgehead atoms. The van der Waals surface area contributed by atoms with E-state index in [4.69, 9.17) is 0 Å². The van der Waals surface area contributed by atoms with Gasteiger partial charge in [0.25, 0.3) is 5.91 Å². The van der Waals surface area contributed by atoms with E-state index >= 15 is 0 Å². The number of benzene rings is 2. The summed E-state index contributed by atoms with van der Waals surface area (Å²) in [6.07, 6.45) is 5.47. The quantitative estimate of drug-likeness (QED) is 0.612. The van der Waals surface area contributed by atoms with Crippen LogP contribution in [0.2, 0.25) is 0 Å². The summed E-state index contributed by atoms with van der Waals surface area (Å²) in [4.78, 5) is 22.8. The van der Waals surface area contributed by atoms with Gasteiger partial charge < -0.3 is 5.32 Å². The van der Waals surface area contributed by atoms with Gasteiger partial charge in [-0.25, -0.2) is 23.8 Å². The van der Waals surface area contributed by atoms with Gasteiger partial charge in [-0.15, -0.1) is 0 Å². The number of hydrogen-bond acceptors (Lipinski definition) is 5. The molecule has 3 atom stereocenters. The van der Waals surface area contributed by atoms with Crippen molar-refractivity contribution in [2.75, 3.05) is 7.05 Å². The van der Waals surface area contributed by atoms with Crippen molar-refractivity contribution in [3.8, 4) is 0 Å². The Kier molecular flexibility index (Phi) is 4.97. The van der Waals surface area contributed by atoms with Crippen LogP contribution in [0.3, 0.4) is 0 Å². The average Bonchev–Trinajstić information content (AvgIpc) is 3.09. The zero-order chi connectivity index (χ0) is 23.6. The second-order valence-electron chi connectivity index (χ2n) is 9.47. The summed E-state index contributed by atoms with van der Waals surface area (Å²) in [6.45, 7) is 1.88. The van der Waals surface area contributed by atoms with Crippen molar-refractivity contribution in [2.45, 2.75) is 50.7 Å². The highest BCUT2D eigenvalue weighted by Crippen LogP contribution is 2.47. The van der Waals surface area contributed by atoms with Gasteiger partial charge >= 0.3 is 0 Å². The Morgan fingerprint density at radius 1 is 1.09 bits per heavy atom. The molecular weight excluding hydrogens is 436 g/mol. The molecule has 174 valence electrons. The van der Waals surface area contributed by atoms with Crippen LogP contribution in [-0.2, 0) is 0 Å². The van der Waals surface area contributed by atoms with Crippen LogP contribution in [0.1, 0.15) is 53.3 Å². The van der Waals surface area contributed by atoms with Crippen molar-refractivity contribution >= 4 is 16.9 Å². The number of amides is 1.